The molecule has 0 aliphatic rings. The Hall–Kier alpha value is -2.74. The highest BCUT2D eigenvalue weighted by Gasteiger charge is 2.25. The van der Waals surface area contributed by atoms with Gasteiger partial charge in [-0.3, -0.25) is 0 Å². The van der Waals surface area contributed by atoms with Crippen LogP contribution in [0.3, 0.4) is 0 Å². The second kappa shape index (κ2) is 11.4. The third-order valence-corrected chi connectivity index (χ3v) is 6.97. The summed E-state index contributed by atoms with van der Waals surface area (Å²) in [6.07, 6.45) is 0. The van der Waals surface area contributed by atoms with Gasteiger partial charge in [0.05, 0.1) is 14.2 Å². The molecular formula is C31H44O2. The van der Waals surface area contributed by atoms with Gasteiger partial charge in [0.1, 0.15) is 11.5 Å². The third-order valence-electron chi connectivity index (χ3n) is 6.97. The van der Waals surface area contributed by atoms with Crippen molar-refractivity contribution in [2.75, 3.05) is 14.2 Å². The predicted molar refractivity (Wildman–Crippen MR) is 144 cm³/mol. The number of hydrogen-bond acceptors (Lipinski definition) is 2. The molecule has 0 fully saturated rings. The predicted octanol–water partition coefficient (Wildman–Crippen LogP) is 8.51. The van der Waals surface area contributed by atoms with Crippen molar-refractivity contribution in [3.63, 3.8) is 0 Å². The van der Waals surface area contributed by atoms with Crippen molar-refractivity contribution in [3.05, 3.63) is 92.5 Å². The van der Waals surface area contributed by atoms with Crippen LogP contribution in [0.5, 0.6) is 11.5 Å². The largest absolute Gasteiger partial charge is 0.496 e. The van der Waals surface area contributed by atoms with E-state index in [1.807, 2.05) is 25.1 Å². The van der Waals surface area contributed by atoms with Crippen LogP contribution in [-0.4, -0.2) is 14.2 Å². The lowest BCUT2D eigenvalue weighted by Gasteiger charge is -2.29. The summed E-state index contributed by atoms with van der Waals surface area (Å²) in [5.41, 5.74) is 12.3. The SMILES string of the molecule is C.COc1cccc(OC)c1C.Cc1cc(C(C)(C)c2cc(C)c(C)c(C)c2)cc(C)c1C. The first-order valence-electron chi connectivity index (χ1n) is 11.3. The number of methoxy groups -OCH3 is 2. The lowest BCUT2D eigenvalue weighted by molar-refractivity contribution is 0.389. The van der Waals surface area contributed by atoms with Crippen molar-refractivity contribution < 1.29 is 9.47 Å². The first-order valence-corrected chi connectivity index (χ1v) is 11.3. The second-order valence-electron chi connectivity index (χ2n) is 9.38. The minimum atomic E-state index is 0. The molecule has 0 spiro atoms. The first kappa shape index (κ1) is 28.3. The number of rotatable bonds is 4. The van der Waals surface area contributed by atoms with Gasteiger partial charge in [0.2, 0.25) is 0 Å². The van der Waals surface area contributed by atoms with E-state index in [0.29, 0.717) is 0 Å². The fraction of sp³-hybridized carbons (Fsp3) is 0.419. The van der Waals surface area contributed by atoms with Gasteiger partial charge in [0.15, 0.2) is 0 Å². The van der Waals surface area contributed by atoms with Crippen LogP contribution in [-0.2, 0) is 5.41 Å². The fourth-order valence-corrected chi connectivity index (χ4v) is 4.00. The smallest absolute Gasteiger partial charge is 0.125 e. The van der Waals surface area contributed by atoms with Crippen LogP contribution in [0.1, 0.15) is 71.3 Å². The number of hydrogen-bond donors (Lipinski definition) is 0. The standard InChI is InChI=1S/C21H28.C9H12O2.CH4/c1-13-9-19(10-14(2)17(13)5)21(7,8)20-11-15(3)18(6)16(4)12-20;1-7-8(10-2)5-4-6-9(7)11-3;/h9-12H,1-8H3;4-6H,1-3H3;1H4. The molecule has 2 heteroatoms. The normalized spacial score (nSPS) is 10.6. The van der Waals surface area contributed by atoms with Gasteiger partial charge >= 0.3 is 0 Å². The molecule has 3 rings (SSSR count). The van der Waals surface area contributed by atoms with E-state index >= 15 is 0 Å². The average Bonchev–Trinajstić information content (AvgIpc) is 2.75. The molecule has 0 aliphatic carbocycles. The Morgan fingerprint density at radius 2 is 0.848 bits per heavy atom. The van der Waals surface area contributed by atoms with Gasteiger partial charge < -0.3 is 9.47 Å². The minimum absolute atomic E-state index is 0. The van der Waals surface area contributed by atoms with E-state index in [1.54, 1.807) is 14.2 Å². The minimum Gasteiger partial charge on any atom is -0.496 e. The monoisotopic (exact) mass is 448 g/mol. The van der Waals surface area contributed by atoms with Crippen LogP contribution in [0, 0.1) is 48.5 Å². The van der Waals surface area contributed by atoms with Crippen molar-refractivity contribution in [2.24, 2.45) is 0 Å². The Kier molecular flexibility index (Phi) is 9.78. The molecule has 3 aromatic carbocycles. The summed E-state index contributed by atoms with van der Waals surface area (Å²) < 4.78 is 10.2. The van der Waals surface area contributed by atoms with Crippen LogP contribution in [0.2, 0.25) is 0 Å². The Balaban J connectivity index is 0.000000385. The molecule has 0 N–H and O–H groups in total. The quantitative estimate of drug-likeness (QED) is 0.398. The van der Waals surface area contributed by atoms with Gasteiger partial charge in [-0.05, 0) is 105 Å². The van der Waals surface area contributed by atoms with Crippen LogP contribution in [0.15, 0.2) is 42.5 Å². The topological polar surface area (TPSA) is 18.5 Å². The van der Waals surface area contributed by atoms with Crippen molar-refractivity contribution in [1.82, 2.24) is 0 Å². The van der Waals surface area contributed by atoms with E-state index in [0.717, 1.165) is 17.1 Å². The summed E-state index contributed by atoms with van der Waals surface area (Å²) in [6, 6.07) is 15.2. The van der Waals surface area contributed by atoms with Crippen molar-refractivity contribution in [1.29, 1.82) is 0 Å². The molecule has 0 aliphatic heterocycles. The number of aryl methyl sites for hydroxylation is 4. The third kappa shape index (κ3) is 6.19. The molecule has 180 valence electrons. The van der Waals surface area contributed by atoms with E-state index in [4.69, 9.17) is 9.47 Å². The van der Waals surface area contributed by atoms with Gasteiger partial charge in [-0.25, -0.2) is 0 Å². The summed E-state index contributed by atoms with van der Waals surface area (Å²) >= 11 is 0. The first-order chi connectivity index (χ1) is 14.9. The summed E-state index contributed by atoms with van der Waals surface area (Å²) in [6.45, 7) is 19.9. The molecule has 33 heavy (non-hydrogen) atoms. The zero-order valence-corrected chi connectivity index (χ0v) is 21.9. The van der Waals surface area contributed by atoms with Crippen molar-refractivity contribution in [3.8, 4) is 11.5 Å². The number of benzene rings is 3. The molecule has 0 saturated heterocycles. The Morgan fingerprint density at radius 1 is 0.545 bits per heavy atom. The lowest BCUT2D eigenvalue weighted by atomic mass is 9.75. The fourth-order valence-electron chi connectivity index (χ4n) is 4.00. The molecule has 0 amide bonds. The van der Waals surface area contributed by atoms with Crippen LogP contribution in [0.25, 0.3) is 0 Å². The average molecular weight is 449 g/mol. The van der Waals surface area contributed by atoms with Gasteiger partial charge in [-0.15, -0.1) is 0 Å². The van der Waals surface area contributed by atoms with E-state index in [9.17, 15) is 0 Å². The maximum absolute atomic E-state index is 5.11. The highest BCUT2D eigenvalue weighted by atomic mass is 16.5. The molecule has 0 saturated carbocycles. The number of ether oxygens (including phenoxy) is 2. The maximum atomic E-state index is 5.11. The molecule has 0 aromatic heterocycles. The molecule has 0 bridgehead atoms. The Labute approximate surface area is 203 Å². The highest BCUT2D eigenvalue weighted by Crippen LogP contribution is 2.35. The van der Waals surface area contributed by atoms with Gasteiger partial charge in [0, 0.05) is 11.0 Å². The van der Waals surface area contributed by atoms with Crippen LogP contribution >= 0.6 is 0 Å². The van der Waals surface area contributed by atoms with Gasteiger partial charge in [-0.1, -0.05) is 51.6 Å². The van der Waals surface area contributed by atoms with E-state index in [2.05, 4.69) is 79.7 Å². The van der Waals surface area contributed by atoms with Crippen molar-refractivity contribution in [2.45, 2.75) is 75.2 Å². The van der Waals surface area contributed by atoms with E-state index in [1.165, 1.54) is 44.5 Å². The summed E-state index contributed by atoms with van der Waals surface area (Å²) in [7, 11) is 3.31. The van der Waals surface area contributed by atoms with Gasteiger partial charge in [0.25, 0.3) is 0 Å². The van der Waals surface area contributed by atoms with E-state index < -0.39 is 0 Å². The molecular weight excluding hydrogens is 404 g/mol. The molecule has 0 atom stereocenters. The Morgan fingerprint density at radius 3 is 1.12 bits per heavy atom. The molecule has 0 radical (unpaired) electrons. The maximum Gasteiger partial charge on any atom is 0.125 e. The van der Waals surface area contributed by atoms with Crippen LogP contribution in [0.4, 0.5) is 0 Å². The lowest BCUT2D eigenvalue weighted by Crippen LogP contribution is -2.20. The zero-order chi connectivity index (χ0) is 24.2. The molecule has 0 unspecified atom stereocenters. The molecule has 3 aromatic rings. The summed E-state index contributed by atoms with van der Waals surface area (Å²) in [5.74, 6) is 1.73. The van der Waals surface area contributed by atoms with Crippen molar-refractivity contribution >= 4 is 0 Å². The summed E-state index contributed by atoms with van der Waals surface area (Å²) in [5, 5.41) is 0. The molecule has 2 nitrogen and oxygen atoms in total. The molecule has 0 heterocycles. The summed E-state index contributed by atoms with van der Waals surface area (Å²) in [4.78, 5) is 0. The highest BCUT2D eigenvalue weighted by molar-refractivity contribution is 5.48. The Bertz CT molecular complexity index is 962. The zero-order valence-electron chi connectivity index (χ0n) is 21.9. The second-order valence-corrected chi connectivity index (χ2v) is 9.38. The van der Waals surface area contributed by atoms with Gasteiger partial charge in [-0.2, -0.15) is 0 Å². The van der Waals surface area contributed by atoms with E-state index in [-0.39, 0.29) is 12.8 Å². The van der Waals surface area contributed by atoms with Crippen LogP contribution < -0.4 is 9.47 Å².